The van der Waals surface area contributed by atoms with Gasteiger partial charge in [0.25, 0.3) is 0 Å². The van der Waals surface area contributed by atoms with Crippen molar-refractivity contribution in [3.63, 3.8) is 0 Å². The molecule has 88 valence electrons. The van der Waals surface area contributed by atoms with Gasteiger partial charge in [0.2, 0.25) is 0 Å². The van der Waals surface area contributed by atoms with Crippen LogP contribution in [-0.4, -0.2) is 25.7 Å². The summed E-state index contributed by atoms with van der Waals surface area (Å²) in [5.41, 5.74) is 0.670. The molecular weight excluding hydrogens is 184 g/mol. The van der Waals surface area contributed by atoms with E-state index in [1.807, 2.05) is 0 Å². The first-order valence-corrected chi connectivity index (χ1v) is 6.67. The van der Waals surface area contributed by atoms with Crippen molar-refractivity contribution in [2.75, 3.05) is 19.6 Å². The summed E-state index contributed by atoms with van der Waals surface area (Å²) in [7, 11) is 0. The van der Waals surface area contributed by atoms with Crippen LogP contribution in [0.5, 0.6) is 0 Å². The highest BCUT2D eigenvalue weighted by Crippen LogP contribution is 2.51. The van der Waals surface area contributed by atoms with E-state index >= 15 is 0 Å². The van der Waals surface area contributed by atoms with Gasteiger partial charge in [-0.1, -0.05) is 13.8 Å². The summed E-state index contributed by atoms with van der Waals surface area (Å²) in [5.74, 6) is 0.856. The van der Waals surface area contributed by atoms with Crippen LogP contribution in [-0.2, 0) is 0 Å². The average molecular weight is 210 g/mol. The van der Waals surface area contributed by atoms with Crippen LogP contribution in [0.2, 0.25) is 0 Å². The molecule has 0 aromatic carbocycles. The summed E-state index contributed by atoms with van der Waals surface area (Å²) >= 11 is 0. The van der Waals surface area contributed by atoms with Crippen molar-refractivity contribution in [2.24, 2.45) is 11.3 Å². The van der Waals surface area contributed by atoms with Crippen molar-refractivity contribution in [2.45, 2.75) is 52.0 Å². The molecule has 0 bridgehead atoms. The molecule has 0 amide bonds. The molecule has 1 unspecified atom stereocenters. The fourth-order valence-corrected chi connectivity index (χ4v) is 2.74. The molecule has 2 nitrogen and oxygen atoms in total. The maximum absolute atomic E-state index is 3.66. The molecule has 1 atom stereocenters. The topological polar surface area (TPSA) is 24.1 Å². The first-order chi connectivity index (χ1) is 7.23. The molecule has 0 spiro atoms. The standard InChI is InChI=1S/C13H26N2/c1-11(2)13(6-7-13)10-14-9-5-12-4-3-8-15-12/h11-12,14-15H,3-10H2,1-2H3. The Labute approximate surface area is 94.2 Å². The number of hydrogen-bond donors (Lipinski definition) is 2. The second-order valence-corrected chi connectivity index (χ2v) is 5.78. The zero-order chi connectivity index (χ0) is 10.7. The van der Waals surface area contributed by atoms with Gasteiger partial charge < -0.3 is 10.6 Å². The van der Waals surface area contributed by atoms with Gasteiger partial charge in [-0.25, -0.2) is 0 Å². The van der Waals surface area contributed by atoms with Crippen molar-refractivity contribution in [3.05, 3.63) is 0 Å². The molecule has 1 saturated carbocycles. The molecular formula is C13H26N2. The predicted octanol–water partition coefficient (Wildman–Crippen LogP) is 2.15. The second-order valence-electron chi connectivity index (χ2n) is 5.78. The third-order valence-electron chi connectivity index (χ3n) is 4.43. The molecule has 2 N–H and O–H groups in total. The molecule has 0 aromatic heterocycles. The van der Waals surface area contributed by atoms with Crippen LogP contribution in [0, 0.1) is 11.3 Å². The van der Waals surface area contributed by atoms with Gasteiger partial charge >= 0.3 is 0 Å². The first-order valence-electron chi connectivity index (χ1n) is 6.67. The van der Waals surface area contributed by atoms with E-state index in [-0.39, 0.29) is 0 Å². The summed E-state index contributed by atoms with van der Waals surface area (Å²) in [6, 6.07) is 0.798. The third-order valence-corrected chi connectivity index (χ3v) is 4.43. The van der Waals surface area contributed by atoms with E-state index in [1.165, 1.54) is 51.7 Å². The third kappa shape index (κ3) is 2.94. The highest BCUT2D eigenvalue weighted by atomic mass is 15.0. The molecule has 0 radical (unpaired) electrons. The molecule has 2 aliphatic rings. The van der Waals surface area contributed by atoms with Gasteiger partial charge in [0.15, 0.2) is 0 Å². The van der Waals surface area contributed by atoms with E-state index in [0.29, 0.717) is 5.41 Å². The van der Waals surface area contributed by atoms with Crippen LogP contribution in [0.15, 0.2) is 0 Å². The Morgan fingerprint density at radius 3 is 2.73 bits per heavy atom. The highest BCUT2D eigenvalue weighted by Gasteiger charge is 2.44. The van der Waals surface area contributed by atoms with E-state index in [4.69, 9.17) is 0 Å². The molecule has 1 saturated heterocycles. The van der Waals surface area contributed by atoms with Crippen LogP contribution >= 0.6 is 0 Å². The number of rotatable bonds is 6. The summed E-state index contributed by atoms with van der Waals surface area (Å²) in [4.78, 5) is 0. The molecule has 2 rings (SSSR count). The fraction of sp³-hybridized carbons (Fsp3) is 1.00. The maximum Gasteiger partial charge on any atom is 0.00796 e. The maximum atomic E-state index is 3.66. The molecule has 15 heavy (non-hydrogen) atoms. The molecule has 1 aliphatic carbocycles. The van der Waals surface area contributed by atoms with Gasteiger partial charge in [-0.2, -0.15) is 0 Å². The quantitative estimate of drug-likeness (QED) is 0.656. The van der Waals surface area contributed by atoms with Crippen molar-refractivity contribution in [1.29, 1.82) is 0 Å². The van der Waals surface area contributed by atoms with Crippen LogP contribution in [0.1, 0.15) is 46.0 Å². The van der Waals surface area contributed by atoms with E-state index in [2.05, 4.69) is 24.5 Å². The Morgan fingerprint density at radius 2 is 2.20 bits per heavy atom. The van der Waals surface area contributed by atoms with Gasteiger partial charge in [0.05, 0.1) is 0 Å². The Kier molecular flexibility index (Phi) is 3.68. The summed E-state index contributed by atoms with van der Waals surface area (Å²) in [6.07, 6.45) is 6.96. The Balaban J connectivity index is 1.55. The SMILES string of the molecule is CC(C)C1(CNCCC2CCCN2)CC1. The largest absolute Gasteiger partial charge is 0.316 e. The minimum atomic E-state index is 0.670. The molecule has 1 aliphatic heterocycles. The number of nitrogens with one attached hydrogen (secondary N) is 2. The van der Waals surface area contributed by atoms with Crippen molar-refractivity contribution in [1.82, 2.24) is 10.6 Å². The zero-order valence-corrected chi connectivity index (χ0v) is 10.3. The summed E-state index contributed by atoms with van der Waals surface area (Å²) < 4.78 is 0. The van der Waals surface area contributed by atoms with E-state index in [0.717, 1.165) is 12.0 Å². The van der Waals surface area contributed by atoms with Gasteiger partial charge in [-0.05, 0) is 56.5 Å². The lowest BCUT2D eigenvalue weighted by Crippen LogP contribution is -2.32. The average Bonchev–Trinajstić information content (AvgIpc) is 2.83. The molecule has 2 fully saturated rings. The van der Waals surface area contributed by atoms with Crippen LogP contribution in [0.3, 0.4) is 0 Å². The van der Waals surface area contributed by atoms with Crippen LogP contribution < -0.4 is 10.6 Å². The number of hydrogen-bond acceptors (Lipinski definition) is 2. The van der Waals surface area contributed by atoms with Crippen molar-refractivity contribution < 1.29 is 0 Å². The van der Waals surface area contributed by atoms with Gasteiger partial charge in [-0.15, -0.1) is 0 Å². The van der Waals surface area contributed by atoms with E-state index in [1.54, 1.807) is 0 Å². The fourth-order valence-electron chi connectivity index (χ4n) is 2.74. The van der Waals surface area contributed by atoms with Gasteiger partial charge in [0.1, 0.15) is 0 Å². The lowest BCUT2D eigenvalue weighted by Gasteiger charge is -2.20. The Bertz CT molecular complexity index is 191. The Morgan fingerprint density at radius 1 is 1.40 bits per heavy atom. The first kappa shape index (κ1) is 11.4. The second kappa shape index (κ2) is 4.84. The minimum absolute atomic E-state index is 0.670. The van der Waals surface area contributed by atoms with Gasteiger partial charge in [-0.3, -0.25) is 0 Å². The molecule has 0 aromatic rings. The lowest BCUT2D eigenvalue weighted by molar-refractivity contribution is 0.335. The van der Waals surface area contributed by atoms with Crippen molar-refractivity contribution in [3.8, 4) is 0 Å². The highest BCUT2D eigenvalue weighted by molar-refractivity contribution is 4.97. The van der Waals surface area contributed by atoms with Crippen LogP contribution in [0.4, 0.5) is 0 Å². The lowest BCUT2D eigenvalue weighted by atomic mass is 9.92. The van der Waals surface area contributed by atoms with Gasteiger partial charge in [0, 0.05) is 12.6 Å². The summed E-state index contributed by atoms with van der Waals surface area (Å²) in [5, 5.41) is 7.21. The van der Waals surface area contributed by atoms with Crippen LogP contribution in [0.25, 0.3) is 0 Å². The summed E-state index contributed by atoms with van der Waals surface area (Å²) in [6.45, 7) is 8.42. The van der Waals surface area contributed by atoms with Crippen molar-refractivity contribution >= 4 is 0 Å². The zero-order valence-electron chi connectivity index (χ0n) is 10.3. The van der Waals surface area contributed by atoms with E-state index in [9.17, 15) is 0 Å². The molecule has 2 heteroatoms. The Hall–Kier alpha value is -0.0800. The smallest absolute Gasteiger partial charge is 0.00796 e. The normalized spacial score (nSPS) is 28.6. The van der Waals surface area contributed by atoms with E-state index < -0.39 is 0 Å². The molecule has 1 heterocycles. The monoisotopic (exact) mass is 210 g/mol. The minimum Gasteiger partial charge on any atom is -0.316 e. The predicted molar refractivity (Wildman–Crippen MR) is 65.0 cm³/mol.